The van der Waals surface area contributed by atoms with Gasteiger partial charge >= 0.3 is 0 Å². The molecule has 0 saturated carbocycles. The highest BCUT2D eigenvalue weighted by atomic mass is 35.5. The van der Waals surface area contributed by atoms with Gasteiger partial charge in [-0.15, -0.1) is 11.8 Å². The van der Waals surface area contributed by atoms with Crippen molar-refractivity contribution in [2.75, 3.05) is 12.1 Å². The smallest absolute Gasteiger partial charge is 0.221 e. The highest BCUT2D eigenvalue weighted by Crippen LogP contribution is 2.37. The highest BCUT2D eigenvalue weighted by Gasteiger charge is 2.11. The number of hydrazine groups is 2. The monoisotopic (exact) mass is 362 g/mol. The van der Waals surface area contributed by atoms with Crippen LogP contribution in [0.25, 0.3) is 0 Å². The highest BCUT2D eigenvalue weighted by molar-refractivity contribution is 7.98. The Bertz CT molecular complexity index is 607. The second kappa shape index (κ2) is 9.60. The number of carbonyl (C=O) groups is 1. The fourth-order valence-electron chi connectivity index (χ4n) is 1.49. The number of anilines is 1. The average molecular weight is 363 g/mol. The molecule has 0 atom stereocenters. The maximum absolute atomic E-state index is 8.94. The summed E-state index contributed by atoms with van der Waals surface area (Å²) in [5.74, 6) is 11.6. The van der Waals surface area contributed by atoms with Crippen LogP contribution in [0, 0.1) is 0 Å². The number of hydrogen-bond acceptors (Lipinski definition) is 6. The topological polar surface area (TPSA) is 97.5 Å². The summed E-state index contributed by atoms with van der Waals surface area (Å²) in [6, 6.07) is 9.20. The number of furan rings is 1. The van der Waals surface area contributed by atoms with Crippen molar-refractivity contribution in [3.8, 4) is 0 Å². The molecule has 0 aliphatic rings. The summed E-state index contributed by atoms with van der Waals surface area (Å²) in [7, 11) is 1.78. The molecule has 1 heterocycles. The van der Waals surface area contributed by atoms with E-state index in [0.29, 0.717) is 22.4 Å². The van der Waals surface area contributed by atoms with Gasteiger partial charge in [0.2, 0.25) is 6.41 Å². The van der Waals surface area contributed by atoms with Crippen LogP contribution in [-0.2, 0) is 10.5 Å². The van der Waals surface area contributed by atoms with E-state index in [1.165, 1.54) is 0 Å². The predicted molar refractivity (Wildman–Crippen MR) is 90.7 cm³/mol. The Morgan fingerprint density at radius 2 is 2.05 bits per heavy atom. The lowest BCUT2D eigenvalue weighted by molar-refractivity contribution is -0.109. The average Bonchev–Trinajstić information content (AvgIpc) is 2.91. The van der Waals surface area contributed by atoms with Crippen LogP contribution in [0.5, 0.6) is 0 Å². The van der Waals surface area contributed by atoms with Crippen molar-refractivity contribution < 1.29 is 9.21 Å². The van der Waals surface area contributed by atoms with E-state index in [2.05, 4.69) is 5.84 Å². The molecule has 0 bridgehead atoms. The zero-order valence-corrected chi connectivity index (χ0v) is 14.1. The third kappa shape index (κ3) is 5.78. The summed E-state index contributed by atoms with van der Waals surface area (Å²) in [4.78, 5) is 9.86. The van der Waals surface area contributed by atoms with Crippen LogP contribution in [-0.4, -0.2) is 13.5 Å². The summed E-state index contributed by atoms with van der Waals surface area (Å²) < 4.78 is 5.30. The van der Waals surface area contributed by atoms with Crippen molar-refractivity contribution >= 4 is 47.1 Å². The number of nitrogens with two attached hydrogens (primary N) is 2. The van der Waals surface area contributed by atoms with Crippen molar-refractivity contribution in [2.45, 2.75) is 10.6 Å². The Morgan fingerprint density at radius 3 is 2.55 bits per heavy atom. The summed E-state index contributed by atoms with van der Waals surface area (Å²) in [6.45, 7) is 0. The Kier molecular flexibility index (Phi) is 8.15. The number of carbonyl (C=O) groups excluding carboxylic acids is 1. The molecular weight excluding hydrogens is 347 g/mol. The number of halogens is 2. The van der Waals surface area contributed by atoms with Gasteiger partial charge in [0, 0.05) is 7.05 Å². The first-order valence-electron chi connectivity index (χ1n) is 6.03. The summed E-state index contributed by atoms with van der Waals surface area (Å²) in [5, 5.41) is 2.61. The number of thioether (sulfide) groups is 1. The summed E-state index contributed by atoms with van der Waals surface area (Å²) >= 11 is 13.5. The van der Waals surface area contributed by atoms with Crippen molar-refractivity contribution in [2.24, 2.45) is 11.7 Å². The molecule has 1 aromatic carbocycles. The second-order valence-corrected chi connectivity index (χ2v) is 5.74. The Balaban J connectivity index is 0.000000541. The van der Waals surface area contributed by atoms with E-state index < -0.39 is 0 Å². The van der Waals surface area contributed by atoms with E-state index in [0.717, 1.165) is 16.3 Å². The standard InChI is InChI=1S/C12H12Cl2N2OS.CH4N2O/c1-16(15)10-4-2-3-9(13)12(10)18-7-8-5-6-11(14)17-8;2-3-1-4/h2-6H,7,15H2,1H3;1H,2H2,(H,3,4). The Labute approximate surface area is 142 Å². The normalized spacial score (nSPS) is 9.68. The molecule has 0 aliphatic carbocycles. The molecule has 5 N–H and O–H groups in total. The van der Waals surface area contributed by atoms with Crippen LogP contribution in [0.1, 0.15) is 5.76 Å². The number of rotatable bonds is 5. The molecule has 22 heavy (non-hydrogen) atoms. The molecule has 0 radical (unpaired) electrons. The molecule has 6 nitrogen and oxygen atoms in total. The van der Waals surface area contributed by atoms with Crippen molar-refractivity contribution in [3.63, 3.8) is 0 Å². The van der Waals surface area contributed by atoms with Crippen molar-refractivity contribution in [1.29, 1.82) is 0 Å². The van der Waals surface area contributed by atoms with Crippen LogP contribution < -0.4 is 22.1 Å². The van der Waals surface area contributed by atoms with E-state index in [4.69, 9.17) is 38.3 Å². The summed E-state index contributed by atoms with van der Waals surface area (Å²) in [5.41, 5.74) is 2.63. The fraction of sp³-hybridized carbons (Fsp3) is 0.154. The molecular formula is C13H16Cl2N4O2S. The largest absolute Gasteiger partial charge is 0.449 e. The maximum atomic E-state index is 8.94. The van der Waals surface area contributed by atoms with Crippen molar-refractivity contribution in [3.05, 3.63) is 46.3 Å². The van der Waals surface area contributed by atoms with Gasteiger partial charge < -0.3 is 9.43 Å². The van der Waals surface area contributed by atoms with Crippen LogP contribution >= 0.6 is 35.0 Å². The van der Waals surface area contributed by atoms with Crippen LogP contribution in [0.2, 0.25) is 10.2 Å². The summed E-state index contributed by atoms with van der Waals surface area (Å²) in [6.07, 6.45) is 0.403. The molecule has 1 amide bonds. The van der Waals surface area contributed by atoms with Gasteiger partial charge in [0.15, 0.2) is 5.22 Å². The zero-order chi connectivity index (χ0) is 16.5. The first-order valence-corrected chi connectivity index (χ1v) is 7.77. The van der Waals surface area contributed by atoms with Crippen LogP contribution in [0.4, 0.5) is 5.69 Å². The van der Waals surface area contributed by atoms with E-state index in [9.17, 15) is 0 Å². The molecule has 0 saturated heterocycles. The third-order valence-electron chi connectivity index (χ3n) is 2.38. The fourth-order valence-corrected chi connectivity index (χ4v) is 2.99. The minimum Gasteiger partial charge on any atom is -0.449 e. The molecule has 120 valence electrons. The van der Waals surface area contributed by atoms with Gasteiger partial charge in [0.05, 0.1) is 21.4 Å². The third-order valence-corrected chi connectivity index (χ3v) is 4.16. The lowest BCUT2D eigenvalue weighted by atomic mass is 10.3. The van der Waals surface area contributed by atoms with Gasteiger partial charge in [0.1, 0.15) is 5.76 Å². The molecule has 0 aliphatic heterocycles. The molecule has 0 unspecified atom stereocenters. The van der Waals surface area contributed by atoms with E-state index in [1.807, 2.05) is 24.3 Å². The number of nitrogens with zero attached hydrogens (tertiary/aromatic N) is 1. The Hall–Kier alpha value is -1.38. The molecule has 0 spiro atoms. The van der Waals surface area contributed by atoms with E-state index >= 15 is 0 Å². The number of benzene rings is 1. The number of nitrogens with one attached hydrogen (secondary N) is 1. The quantitative estimate of drug-likeness (QED) is 0.248. The molecule has 2 rings (SSSR count). The van der Waals surface area contributed by atoms with Crippen LogP contribution in [0.3, 0.4) is 0 Å². The van der Waals surface area contributed by atoms with Gasteiger partial charge in [-0.2, -0.15) is 0 Å². The van der Waals surface area contributed by atoms with E-state index in [-0.39, 0.29) is 0 Å². The van der Waals surface area contributed by atoms with Gasteiger partial charge in [-0.3, -0.25) is 10.2 Å². The maximum Gasteiger partial charge on any atom is 0.221 e. The lowest BCUT2D eigenvalue weighted by Gasteiger charge is -2.17. The first kappa shape index (κ1) is 18.7. The molecule has 2 aromatic rings. The molecule has 0 fully saturated rings. The van der Waals surface area contributed by atoms with Crippen LogP contribution in [0.15, 0.2) is 39.6 Å². The Morgan fingerprint density at radius 1 is 1.36 bits per heavy atom. The van der Waals surface area contributed by atoms with Gasteiger partial charge in [0.25, 0.3) is 0 Å². The van der Waals surface area contributed by atoms with Gasteiger partial charge in [-0.1, -0.05) is 17.7 Å². The predicted octanol–water partition coefficient (Wildman–Crippen LogP) is 2.79. The van der Waals surface area contributed by atoms with Gasteiger partial charge in [-0.05, 0) is 35.9 Å². The molecule has 1 aromatic heterocycles. The number of amides is 1. The zero-order valence-electron chi connectivity index (χ0n) is 11.8. The lowest BCUT2D eigenvalue weighted by Crippen LogP contribution is -2.25. The second-order valence-electron chi connectivity index (χ2n) is 3.98. The minimum absolute atomic E-state index is 0.390. The van der Waals surface area contributed by atoms with Crippen molar-refractivity contribution in [1.82, 2.24) is 5.43 Å². The van der Waals surface area contributed by atoms with E-state index in [1.54, 1.807) is 35.3 Å². The molecule has 9 heteroatoms. The number of hydrogen-bond donors (Lipinski definition) is 3. The minimum atomic E-state index is 0.390. The SMILES string of the molecule is CN(N)c1cccc(Cl)c1SCc1ccc(Cl)o1.NNC=O. The first-order chi connectivity index (χ1) is 10.5. The van der Waals surface area contributed by atoms with Gasteiger partial charge in [-0.25, -0.2) is 11.7 Å².